The van der Waals surface area contributed by atoms with Gasteiger partial charge in [-0.1, -0.05) is 34.8 Å². The minimum atomic E-state index is 0.354. The fourth-order valence-corrected chi connectivity index (χ4v) is 1.80. The number of hydrogen-bond acceptors (Lipinski definition) is 2. The quantitative estimate of drug-likeness (QED) is 0.770. The molecule has 2 aromatic rings. The largest absolute Gasteiger partial charge is 0.151 e. The smallest absolute Gasteiger partial charge is 0.149 e. The maximum Gasteiger partial charge on any atom is 0.151 e. The summed E-state index contributed by atoms with van der Waals surface area (Å²) in [5, 5.41) is 9.16. The van der Waals surface area contributed by atoms with E-state index in [0.717, 1.165) is 5.56 Å². The summed E-state index contributed by atoms with van der Waals surface area (Å²) in [5.41, 5.74) is 1.50. The Kier molecular flexibility index (Phi) is 3.10. The lowest BCUT2D eigenvalue weighted by molar-refractivity contribution is 1.04. The first-order chi connectivity index (χ1) is 7.15. The third kappa shape index (κ3) is 2.59. The number of nitrogens with zero attached hydrogens (tertiary/aromatic N) is 2. The van der Waals surface area contributed by atoms with Gasteiger partial charge in [-0.3, -0.25) is 0 Å². The zero-order valence-electron chi connectivity index (χ0n) is 7.42. The molecule has 0 N–H and O–H groups in total. The molecule has 5 heteroatoms. The molecule has 76 valence electrons. The summed E-state index contributed by atoms with van der Waals surface area (Å²) in [7, 11) is 0. The molecule has 1 aromatic heterocycles. The van der Waals surface area contributed by atoms with E-state index in [0.29, 0.717) is 20.9 Å². The standard InChI is InChI=1S/C10H5Cl3N2/c11-7-3-6(4-8(12)5-7)9-1-2-10(13)15-14-9/h1-5H. The van der Waals surface area contributed by atoms with Crippen LogP contribution in [0.3, 0.4) is 0 Å². The van der Waals surface area contributed by atoms with Gasteiger partial charge in [0.25, 0.3) is 0 Å². The Balaban J connectivity index is 2.49. The van der Waals surface area contributed by atoms with Crippen LogP contribution in [0.5, 0.6) is 0 Å². The van der Waals surface area contributed by atoms with Crippen molar-refractivity contribution in [2.75, 3.05) is 0 Å². The van der Waals surface area contributed by atoms with E-state index in [1.165, 1.54) is 0 Å². The highest BCUT2D eigenvalue weighted by Crippen LogP contribution is 2.25. The fraction of sp³-hybridized carbons (Fsp3) is 0. The second kappa shape index (κ2) is 4.35. The molecule has 0 fully saturated rings. The predicted octanol–water partition coefficient (Wildman–Crippen LogP) is 4.10. The molecule has 0 atom stereocenters. The summed E-state index contributed by atoms with van der Waals surface area (Å²) in [4.78, 5) is 0. The van der Waals surface area contributed by atoms with Crippen molar-refractivity contribution >= 4 is 34.8 Å². The molecule has 0 amide bonds. The molecule has 0 aliphatic carbocycles. The van der Waals surface area contributed by atoms with E-state index in [2.05, 4.69) is 10.2 Å². The first-order valence-electron chi connectivity index (χ1n) is 4.11. The summed E-state index contributed by atoms with van der Waals surface area (Å²) in [6.45, 7) is 0. The van der Waals surface area contributed by atoms with Crippen LogP contribution in [0, 0.1) is 0 Å². The highest BCUT2D eigenvalue weighted by atomic mass is 35.5. The zero-order chi connectivity index (χ0) is 10.8. The molecule has 0 unspecified atom stereocenters. The summed E-state index contributed by atoms with van der Waals surface area (Å²) in [6.07, 6.45) is 0. The first kappa shape index (κ1) is 10.7. The number of rotatable bonds is 1. The molecule has 2 nitrogen and oxygen atoms in total. The lowest BCUT2D eigenvalue weighted by atomic mass is 10.1. The lowest BCUT2D eigenvalue weighted by Crippen LogP contribution is -1.87. The molecular weight excluding hydrogens is 254 g/mol. The van der Waals surface area contributed by atoms with Gasteiger partial charge in [-0.05, 0) is 30.3 Å². The Bertz CT molecular complexity index is 462. The van der Waals surface area contributed by atoms with E-state index in [9.17, 15) is 0 Å². The Morgan fingerprint density at radius 1 is 0.800 bits per heavy atom. The molecule has 0 spiro atoms. The molecule has 0 bridgehead atoms. The third-order valence-electron chi connectivity index (χ3n) is 1.79. The maximum absolute atomic E-state index is 5.87. The van der Waals surface area contributed by atoms with E-state index in [-0.39, 0.29) is 0 Å². The van der Waals surface area contributed by atoms with Crippen molar-refractivity contribution < 1.29 is 0 Å². The Hall–Kier alpha value is -0.830. The summed E-state index contributed by atoms with van der Waals surface area (Å²) < 4.78 is 0. The fourth-order valence-electron chi connectivity index (χ4n) is 1.17. The van der Waals surface area contributed by atoms with Crippen molar-refractivity contribution in [2.45, 2.75) is 0 Å². The second-order valence-corrected chi connectivity index (χ2v) is 4.16. The summed E-state index contributed by atoms with van der Waals surface area (Å²) >= 11 is 17.4. The third-order valence-corrected chi connectivity index (χ3v) is 2.43. The van der Waals surface area contributed by atoms with Crippen LogP contribution in [-0.2, 0) is 0 Å². The molecule has 0 saturated carbocycles. The molecule has 0 aliphatic heterocycles. The van der Waals surface area contributed by atoms with Crippen molar-refractivity contribution in [1.29, 1.82) is 0 Å². The number of halogens is 3. The van der Waals surface area contributed by atoms with Gasteiger partial charge in [0, 0.05) is 15.6 Å². The molecule has 2 rings (SSSR count). The molecule has 0 saturated heterocycles. The van der Waals surface area contributed by atoms with E-state index in [4.69, 9.17) is 34.8 Å². The van der Waals surface area contributed by atoms with Gasteiger partial charge in [-0.2, -0.15) is 0 Å². The first-order valence-corrected chi connectivity index (χ1v) is 5.24. The van der Waals surface area contributed by atoms with Crippen LogP contribution in [0.4, 0.5) is 0 Å². The van der Waals surface area contributed by atoms with Crippen LogP contribution in [0.1, 0.15) is 0 Å². The highest BCUT2D eigenvalue weighted by molar-refractivity contribution is 6.35. The predicted molar refractivity (Wildman–Crippen MR) is 62.5 cm³/mol. The maximum atomic E-state index is 5.87. The Morgan fingerprint density at radius 3 is 2.00 bits per heavy atom. The highest BCUT2D eigenvalue weighted by Gasteiger charge is 2.03. The van der Waals surface area contributed by atoms with E-state index >= 15 is 0 Å². The zero-order valence-corrected chi connectivity index (χ0v) is 9.68. The molecule has 1 heterocycles. The molecule has 15 heavy (non-hydrogen) atoms. The van der Waals surface area contributed by atoms with Gasteiger partial charge in [0.1, 0.15) is 0 Å². The summed E-state index contributed by atoms with van der Waals surface area (Å²) in [5.74, 6) is 0. The van der Waals surface area contributed by atoms with E-state index < -0.39 is 0 Å². The topological polar surface area (TPSA) is 25.8 Å². The number of benzene rings is 1. The number of hydrogen-bond donors (Lipinski definition) is 0. The molecular formula is C10H5Cl3N2. The average molecular weight is 260 g/mol. The molecule has 0 radical (unpaired) electrons. The van der Waals surface area contributed by atoms with Crippen LogP contribution < -0.4 is 0 Å². The van der Waals surface area contributed by atoms with Crippen LogP contribution in [-0.4, -0.2) is 10.2 Å². The van der Waals surface area contributed by atoms with Gasteiger partial charge >= 0.3 is 0 Å². The summed E-state index contributed by atoms with van der Waals surface area (Å²) in [6, 6.07) is 8.63. The van der Waals surface area contributed by atoms with Gasteiger partial charge in [0.15, 0.2) is 5.15 Å². The van der Waals surface area contributed by atoms with Crippen molar-refractivity contribution in [3.63, 3.8) is 0 Å². The SMILES string of the molecule is Clc1cc(Cl)cc(-c2ccc(Cl)nn2)c1. The minimum absolute atomic E-state index is 0.354. The van der Waals surface area contributed by atoms with Gasteiger partial charge < -0.3 is 0 Å². The van der Waals surface area contributed by atoms with Crippen LogP contribution in [0.15, 0.2) is 30.3 Å². The lowest BCUT2D eigenvalue weighted by Gasteiger charge is -2.01. The second-order valence-electron chi connectivity index (χ2n) is 2.90. The van der Waals surface area contributed by atoms with Crippen molar-refractivity contribution in [3.8, 4) is 11.3 Å². The van der Waals surface area contributed by atoms with E-state index in [1.54, 1.807) is 30.3 Å². The Morgan fingerprint density at radius 2 is 1.47 bits per heavy atom. The minimum Gasteiger partial charge on any atom is -0.149 e. The van der Waals surface area contributed by atoms with Crippen LogP contribution in [0.2, 0.25) is 15.2 Å². The van der Waals surface area contributed by atoms with Gasteiger partial charge in [0.05, 0.1) is 5.69 Å². The van der Waals surface area contributed by atoms with E-state index in [1.807, 2.05) is 0 Å². The monoisotopic (exact) mass is 258 g/mol. The van der Waals surface area contributed by atoms with Crippen LogP contribution >= 0.6 is 34.8 Å². The van der Waals surface area contributed by atoms with Crippen molar-refractivity contribution in [2.24, 2.45) is 0 Å². The number of aromatic nitrogens is 2. The van der Waals surface area contributed by atoms with Gasteiger partial charge in [0.2, 0.25) is 0 Å². The Labute approximate surface area is 102 Å². The molecule has 1 aromatic carbocycles. The van der Waals surface area contributed by atoms with Crippen molar-refractivity contribution in [1.82, 2.24) is 10.2 Å². The van der Waals surface area contributed by atoms with Crippen molar-refractivity contribution in [3.05, 3.63) is 45.5 Å². The average Bonchev–Trinajstić information content (AvgIpc) is 2.17. The van der Waals surface area contributed by atoms with Crippen LogP contribution in [0.25, 0.3) is 11.3 Å². The molecule has 0 aliphatic rings. The normalized spacial score (nSPS) is 10.3. The van der Waals surface area contributed by atoms with Gasteiger partial charge in [-0.25, -0.2) is 0 Å². The van der Waals surface area contributed by atoms with Gasteiger partial charge in [-0.15, -0.1) is 10.2 Å².